The molecule has 4 rings (SSSR count). The van der Waals surface area contributed by atoms with Crippen LogP contribution in [0.25, 0.3) is 0 Å². The highest BCUT2D eigenvalue weighted by atomic mass is 16.5. The molecule has 0 saturated carbocycles. The maximum Gasteiger partial charge on any atom is 0.144 e. The van der Waals surface area contributed by atoms with Gasteiger partial charge in [0.2, 0.25) is 0 Å². The Morgan fingerprint density at radius 1 is 0.696 bits per heavy atom. The molecule has 132 valence electrons. The van der Waals surface area contributed by atoms with E-state index in [0.29, 0.717) is 0 Å². The zero-order chi connectivity index (χ0) is 15.5. The predicted octanol–water partition coefficient (Wildman–Crippen LogP) is 0.374. The Bertz CT molecular complexity index is 357. The van der Waals surface area contributed by atoms with Gasteiger partial charge in [0.15, 0.2) is 0 Å². The molecule has 23 heavy (non-hydrogen) atoms. The molecule has 4 heterocycles. The summed E-state index contributed by atoms with van der Waals surface area (Å²) in [6.07, 6.45) is 6.75. The Morgan fingerprint density at radius 2 is 1.39 bits per heavy atom. The lowest BCUT2D eigenvalue weighted by Gasteiger charge is -2.58. The van der Waals surface area contributed by atoms with Crippen LogP contribution in [-0.2, 0) is 4.74 Å². The molecule has 6 heteroatoms. The number of hydrogen-bond acceptors (Lipinski definition) is 6. The molecule has 0 aromatic heterocycles. The minimum Gasteiger partial charge on any atom is -0.379 e. The first-order valence-corrected chi connectivity index (χ1v) is 9.72. The summed E-state index contributed by atoms with van der Waals surface area (Å²) >= 11 is 0. The van der Waals surface area contributed by atoms with E-state index in [0.717, 1.165) is 39.4 Å². The predicted molar refractivity (Wildman–Crippen MR) is 90.9 cm³/mol. The molecule has 0 aliphatic carbocycles. The topological polar surface area (TPSA) is 34.2 Å². The summed E-state index contributed by atoms with van der Waals surface area (Å²) in [5.41, 5.74) is 0. The van der Waals surface area contributed by atoms with E-state index in [4.69, 9.17) is 4.74 Å². The van der Waals surface area contributed by atoms with Crippen molar-refractivity contribution < 1.29 is 4.74 Å². The van der Waals surface area contributed by atoms with E-state index in [9.17, 15) is 0 Å². The van der Waals surface area contributed by atoms with Crippen LogP contribution in [0.5, 0.6) is 0 Å². The van der Waals surface area contributed by atoms with E-state index >= 15 is 0 Å². The molecule has 0 radical (unpaired) electrons. The molecule has 6 nitrogen and oxygen atoms in total. The van der Waals surface area contributed by atoms with E-state index in [1.165, 1.54) is 64.8 Å². The van der Waals surface area contributed by atoms with Crippen LogP contribution in [0, 0.1) is 0 Å². The average molecular weight is 323 g/mol. The quantitative estimate of drug-likeness (QED) is 0.809. The Morgan fingerprint density at radius 3 is 2.13 bits per heavy atom. The fourth-order valence-electron chi connectivity index (χ4n) is 5.05. The van der Waals surface area contributed by atoms with Gasteiger partial charge in [0, 0.05) is 58.9 Å². The van der Waals surface area contributed by atoms with Crippen molar-refractivity contribution >= 4 is 0 Å². The molecule has 1 unspecified atom stereocenters. The second-order valence-electron chi connectivity index (χ2n) is 7.35. The zero-order valence-electron chi connectivity index (χ0n) is 14.5. The van der Waals surface area contributed by atoms with Crippen LogP contribution in [0.3, 0.4) is 0 Å². The summed E-state index contributed by atoms with van der Waals surface area (Å²) in [7, 11) is 0. The summed E-state index contributed by atoms with van der Waals surface area (Å²) in [5, 5.41) is 8.89. The standard InChI is InChI=1S/C17H33N5O/c1-2-8-19(9-3-1)17(20-11-6-18-7-12-20)5-4-10-22(17)21-13-15-23-16-14-21/h18H,1-16H2. The van der Waals surface area contributed by atoms with Crippen LogP contribution in [0.4, 0.5) is 0 Å². The number of hydrogen-bond donors (Lipinski definition) is 1. The fourth-order valence-corrected chi connectivity index (χ4v) is 5.05. The van der Waals surface area contributed by atoms with E-state index < -0.39 is 0 Å². The van der Waals surface area contributed by atoms with Gasteiger partial charge in [0.25, 0.3) is 0 Å². The average Bonchev–Trinajstić information content (AvgIpc) is 3.10. The van der Waals surface area contributed by atoms with Gasteiger partial charge >= 0.3 is 0 Å². The van der Waals surface area contributed by atoms with Crippen molar-refractivity contribution in [1.82, 2.24) is 25.1 Å². The highest BCUT2D eigenvalue weighted by molar-refractivity contribution is 4.97. The second kappa shape index (κ2) is 7.33. The monoisotopic (exact) mass is 323 g/mol. The summed E-state index contributed by atoms with van der Waals surface area (Å²) in [6, 6.07) is 0. The van der Waals surface area contributed by atoms with E-state index in [-0.39, 0.29) is 5.79 Å². The Kier molecular flexibility index (Phi) is 5.18. The molecule has 4 saturated heterocycles. The van der Waals surface area contributed by atoms with Gasteiger partial charge in [-0.2, -0.15) is 0 Å². The number of piperazine rings is 1. The fraction of sp³-hybridized carbons (Fsp3) is 1.00. The lowest BCUT2D eigenvalue weighted by atomic mass is 10.0. The summed E-state index contributed by atoms with van der Waals surface area (Å²) in [5.74, 6) is 0.139. The van der Waals surface area contributed by atoms with E-state index in [2.05, 4.69) is 25.1 Å². The number of nitrogens with one attached hydrogen (secondary N) is 1. The van der Waals surface area contributed by atoms with Crippen LogP contribution >= 0.6 is 0 Å². The minimum atomic E-state index is 0.139. The van der Waals surface area contributed by atoms with Gasteiger partial charge in [0.05, 0.1) is 13.2 Å². The van der Waals surface area contributed by atoms with E-state index in [1.807, 2.05) is 0 Å². The zero-order valence-corrected chi connectivity index (χ0v) is 14.5. The van der Waals surface area contributed by atoms with Crippen molar-refractivity contribution in [1.29, 1.82) is 0 Å². The van der Waals surface area contributed by atoms with Crippen LogP contribution in [0.15, 0.2) is 0 Å². The number of hydrazine groups is 1. The maximum absolute atomic E-state index is 5.61. The van der Waals surface area contributed by atoms with Crippen molar-refractivity contribution in [3.63, 3.8) is 0 Å². The first kappa shape index (κ1) is 16.2. The molecule has 0 aromatic rings. The van der Waals surface area contributed by atoms with Gasteiger partial charge in [-0.3, -0.25) is 9.80 Å². The first-order valence-electron chi connectivity index (χ1n) is 9.72. The number of rotatable bonds is 3. The Hall–Kier alpha value is -0.240. The summed E-state index contributed by atoms with van der Waals surface area (Å²) < 4.78 is 5.61. The first-order chi connectivity index (χ1) is 11.4. The third kappa shape index (κ3) is 3.05. The molecule has 4 fully saturated rings. The van der Waals surface area contributed by atoms with Crippen LogP contribution in [-0.4, -0.2) is 97.7 Å². The van der Waals surface area contributed by atoms with Gasteiger partial charge in [0.1, 0.15) is 5.79 Å². The number of likely N-dealkylation sites (tertiary alicyclic amines) is 1. The second-order valence-corrected chi connectivity index (χ2v) is 7.35. The normalized spacial score (nSPS) is 36.5. The van der Waals surface area contributed by atoms with Gasteiger partial charge in [-0.05, 0) is 25.7 Å². The molecule has 0 amide bonds. The van der Waals surface area contributed by atoms with Gasteiger partial charge in [-0.1, -0.05) is 6.42 Å². The van der Waals surface area contributed by atoms with Crippen molar-refractivity contribution in [3.05, 3.63) is 0 Å². The highest BCUT2D eigenvalue weighted by Crippen LogP contribution is 2.39. The Labute approximate surface area is 140 Å². The van der Waals surface area contributed by atoms with Gasteiger partial charge in [-0.15, -0.1) is 0 Å². The SMILES string of the molecule is C1CCN(C2(N3CCNCC3)CCCN2N2CCOCC2)CC1. The van der Waals surface area contributed by atoms with E-state index in [1.54, 1.807) is 0 Å². The van der Waals surface area contributed by atoms with Crippen molar-refractivity contribution in [2.75, 3.05) is 72.1 Å². The largest absolute Gasteiger partial charge is 0.379 e. The lowest BCUT2D eigenvalue weighted by Crippen LogP contribution is -2.74. The van der Waals surface area contributed by atoms with Crippen molar-refractivity contribution in [2.45, 2.75) is 37.9 Å². The highest BCUT2D eigenvalue weighted by Gasteiger charge is 2.52. The lowest BCUT2D eigenvalue weighted by molar-refractivity contribution is -0.245. The number of nitrogens with zero attached hydrogens (tertiary/aromatic N) is 4. The molecule has 4 aliphatic heterocycles. The summed E-state index contributed by atoms with van der Waals surface area (Å²) in [6.45, 7) is 12.2. The van der Waals surface area contributed by atoms with Crippen LogP contribution in [0.2, 0.25) is 0 Å². The number of morpholine rings is 1. The minimum absolute atomic E-state index is 0.139. The molecular formula is C17H33N5O. The summed E-state index contributed by atoms with van der Waals surface area (Å²) in [4.78, 5) is 5.61. The van der Waals surface area contributed by atoms with Gasteiger partial charge < -0.3 is 10.1 Å². The smallest absolute Gasteiger partial charge is 0.144 e. The molecule has 1 atom stereocenters. The van der Waals surface area contributed by atoms with Crippen molar-refractivity contribution in [2.24, 2.45) is 0 Å². The maximum atomic E-state index is 5.61. The molecule has 0 bridgehead atoms. The molecule has 0 aromatic carbocycles. The van der Waals surface area contributed by atoms with Crippen LogP contribution in [0.1, 0.15) is 32.1 Å². The number of piperidine rings is 1. The third-order valence-electron chi connectivity index (χ3n) is 6.11. The Balaban J connectivity index is 1.62. The molecule has 1 N–H and O–H groups in total. The third-order valence-corrected chi connectivity index (χ3v) is 6.11. The van der Waals surface area contributed by atoms with Crippen molar-refractivity contribution in [3.8, 4) is 0 Å². The van der Waals surface area contributed by atoms with Gasteiger partial charge in [-0.25, -0.2) is 10.0 Å². The van der Waals surface area contributed by atoms with Crippen LogP contribution < -0.4 is 5.32 Å². The number of ether oxygens (including phenoxy) is 1. The molecule has 0 spiro atoms. The molecule has 4 aliphatic rings. The molecular weight excluding hydrogens is 290 g/mol.